The number of fused-ring (bicyclic) bond motifs is 1. The van der Waals surface area contributed by atoms with Crippen molar-refractivity contribution in [2.24, 2.45) is 0 Å². The molecule has 7 heteroatoms. The van der Waals surface area contributed by atoms with Crippen molar-refractivity contribution in [1.29, 1.82) is 0 Å². The van der Waals surface area contributed by atoms with E-state index in [4.69, 9.17) is 5.73 Å². The highest BCUT2D eigenvalue weighted by Crippen LogP contribution is 2.30. The first kappa shape index (κ1) is 18.0. The lowest BCUT2D eigenvalue weighted by molar-refractivity contribution is 0.574. The number of rotatable bonds is 2. The number of nitrogens with zero attached hydrogens (tertiary/aromatic N) is 3. The largest absolute Gasteiger partial charge is 0.412 e. The number of piperidine rings is 1. The van der Waals surface area contributed by atoms with E-state index in [1.54, 1.807) is 0 Å². The summed E-state index contributed by atoms with van der Waals surface area (Å²) in [7, 11) is 0. The summed E-state index contributed by atoms with van der Waals surface area (Å²) in [5.41, 5.74) is 9.97. The van der Waals surface area contributed by atoms with Crippen LogP contribution in [0.25, 0.3) is 22.3 Å². The Morgan fingerprint density at radius 2 is 1.71 bits per heavy atom. The standard InChI is InChI=1S/C17H19N5.ClH.H2O/c18-17-20-14-11-13(12-7-3-1-4-8-12)19-15(14)16(21-17)22-9-5-2-6-10-22;;/h1,3-4,7-8,11,19H,2,5-6,9-10H2,(H2,18,20,21);1H;1H2. The van der Waals surface area contributed by atoms with E-state index in [9.17, 15) is 0 Å². The lowest BCUT2D eigenvalue weighted by Gasteiger charge is -2.28. The number of hydrogen-bond donors (Lipinski definition) is 2. The molecule has 3 heterocycles. The number of H-pyrrole nitrogens is 1. The van der Waals surface area contributed by atoms with Crippen molar-refractivity contribution in [3.8, 4) is 11.3 Å². The van der Waals surface area contributed by atoms with Gasteiger partial charge >= 0.3 is 0 Å². The SMILES string of the molecule is Cl.Nc1nc(N2CCCCC2)c2[nH]c(-c3ccccc3)cc2n1.O. The average molecular weight is 348 g/mol. The van der Waals surface area contributed by atoms with Crippen molar-refractivity contribution >= 4 is 35.2 Å². The van der Waals surface area contributed by atoms with Crippen LogP contribution >= 0.6 is 12.4 Å². The van der Waals surface area contributed by atoms with Gasteiger partial charge in [-0.3, -0.25) is 0 Å². The van der Waals surface area contributed by atoms with Crippen LogP contribution in [-0.4, -0.2) is 33.5 Å². The van der Waals surface area contributed by atoms with E-state index in [0.717, 1.165) is 41.2 Å². The molecule has 0 spiro atoms. The van der Waals surface area contributed by atoms with Gasteiger partial charge in [-0.25, -0.2) is 4.98 Å². The van der Waals surface area contributed by atoms with E-state index in [1.165, 1.54) is 19.3 Å². The zero-order chi connectivity index (χ0) is 14.9. The van der Waals surface area contributed by atoms with Crippen molar-refractivity contribution in [2.45, 2.75) is 19.3 Å². The van der Waals surface area contributed by atoms with Gasteiger partial charge in [0.2, 0.25) is 5.95 Å². The summed E-state index contributed by atoms with van der Waals surface area (Å²) in [6.07, 6.45) is 3.70. The van der Waals surface area contributed by atoms with E-state index in [-0.39, 0.29) is 17.9 Å². The number of halogens is 1. The number of nitrogens with one attached hydrogen (secondary N) is 1. The molecule has 1 fully saturated rings. The highest BCUT2D eigenvalue weighted by Gasteiger charge is 2.18. The van der Waals surface area contributed by atoms with Gasteiger partial charge in [-0.15, -0.1) is 12.4 Å². The molecule has 0 atom stereocenters. The average Bonchev–Trinajstić information content (AvgIpc) is 2.99. The minimum absolute atomic E-state index is 0. The molecule has 24 heavy (non-hydrogen) atoms. The maximum absolute atomic E-state index is 5.92. The van der Waals surface area contributed by atoms with Crippen molar-refractivity contribution in [1.82, 2.24) is 15.0 Å². The Labute approximate surface area is 146 Å². The highest BCUT2D eigenvalue weighted by molar-refractivity contribution is 5.91. The Bertz CT molecular complexity index is 799. The fourth-order valence-electron chi connectivity index (χ4n) is 3.12. The van der Waals surface area contributed by atoms with E-state index >= 15 is 0 Å². The molecule has 0 saturated carbocycles. The minimum Gasteiger partial charge on any atom is -0.412 e. The van der Waals surface area contributed by atoms with E-state index in [1.807, 2.05) is 18.2 Å². The Morgan fingerprint density at radius 3 is 2.42 bits per heavy atom. The third kappa shape index (κ3) is 3.29. The van der Waals surface area contributed by atoms with Crippen LogP contribution in [0.5, 0.6) is 0 Å². The number of nitrogens with two attached hydrogens (primary N) is 1. The van der Waals surface area contributed by atoms with Crippen LogP contribution in [0.2, 0.25) is 0 Å². The molecule has 1 aliphatic heterocycles. The van der Waals surface area contributed by atoms with Crippen molar-refractivity contribution < 1.29 is 5.48 Å². The van der Waals surface area contributed by atoms with Crippen LogP contribution in [0.3, 0.4) is 0 Å². The Kier molecular flexibility index (Phi) is 5.64. The molecule has 0 unspecified atom stereocenters. The number of aromatic nitrogens is 3. The van der Waals surface area contributed by atoms with Gasteiger partial charge in [0.1, 0.15) is 5.52 Å². The second-order valence-electron chi connectivity index (χ2n) is 5.76. The van der Waals surface area contributed by atoms with Crippen LogP contribution in [0.4, 0.5) is 11.8 Å². The Morgan fingerprint density at radius 1 is 1.00 bits per heavy atom. The summed E-state index contributed by atoms with van der Waals surface area (Å²) in [6, 6.07) is 12.3. The quantitative estimate of drug-likeness (QED) is 0.743. The molecule has 128 valence electrons. The molecular formula is C17H22ClN5O. The van der Waals surface area contributed by atoms with Crippen LogP contribution in [0, 0.1) is 0 Å². The number of benzene rings is 1. The smallest absolute Gasteiger partial charge is 0.222 e. The summed E-state index contributed by atoms with van der Waals surface area (Å²) in [5, 5.41) is 0. The van der Waals surface area contributed by atoms with E-state index in [2.05, 4.69) is 38.1 Å². The lowest BCUT2D eigenvalue weighted by Crippen LogP contribution is -2.30. The molecule has 0 radical (unpaired) electrons. The van der Waals surface area contributed by atoms with Gasteiger partial charge in [0.05, 0.1) is 5.52 Å². The molecule has 1 saturated heterocycles. The molecule has 0 bridgehead atoms. The molecule has 6 nitrogen and oxygen atoms in total. The Balaban J connectivity index is 0.00000104. The van der Waals surface area contributed by atoms with Crippen LogP contribution in [0.15, 0.2) is 36.4 Å². The number of hydrogen-bond acceptors (Lipinski definition) is 4. The molecule has 5 N–H and O–H groups in total. The van der Waals surface area contributed by atoms with Gasteiger partial charge < -0.3 is 21.1 Å². The first-order valence-corrected chi connectivity index (χ1v) is 7.78. The molecule has 3 aromatic rings. The molecule has 4 rings (SSSR count). The Hall–Kier alpha value is -2.31. The number of anilines is 2. The van der Waals surface area contributed by atoms with Crippen LogP contribution < -0.4 is 10.6 Å². The summed E-state index contributed by atoms with van der Waals surface area (Å²) in [6.45, 7) is 2.07. The molecule has 0 amide bonds. The second kappa shape index (κ2) is 7.51. The summed E-state index contributed by atoms with van der Waals surface area (Å²) >= 11 is 0. The van der Waals surface area contributed by atoms with Crippen molar-refractivity contribution in [3.63, 3.8) is 0 Å². The minimum atomic E-state index is 0. The molecule has 1 aliphatic rings. The normalized spacial score (nSPS) is 14.1. The van der Waals surface area contributed by atoms with Gasteiger partial charge in [0.25, 0.3) is 0 Å². The lowest BCUT2D eigenvalue weighted by atomic mass is 10.1. The third-order valence-electron chi connectivity index (χ3n) is 4.22. The predicted molar refractivity (Wildman–Crippen MR) is 101 cm³/mol. The second-order valence-corrected chi connectivity index (χ2v) is 5.76. The predicted octanol–water partition coefficient (Wildman–Crippen LogP) is 2.79. The monoisotopic (exact) mass is 347 g/mol. The van der Waals surface area contributed by atoms with Gasteiger partial charge in [0.15, 0.2) is 5.82 Å². The topological polar surface area (TPSA) is 102 Å². The molecule has 2 aromatic heterocycles. The van der Waals surface area contributed by atoms with Crippen molar-refractivity contribution in [2.75, 3.05) is 23.7 Å². The summed E-state index contributed by atoms with van der Waals surface area (Å²) < 4.78 is 0. The third-order valence-corrected chi connectivity index (χ3v) is 4.22. The van der Waals surface area contributed by atoms with E-state index in [0.29, 0.717) is 5.95 Å². The zero-order valence-corrected chi connectivity index (χ0v) is 14.1. The highest BCUT2D eigenvalue weighted by atomic mass is 35.5. The van der Waals surface area contributed by atoms with Gasteiger partial charge in [-0.05, 0) is 30.9 Å². The first-order chi connectivity index (χ1) is 10.8. The number of aromatic amines is 1. The summed E-state index contributed by atoms with van der Waals surface area (Å²) in [5.74, 6) is 1.27. The van der Waals surface area contributed by atoms with Crippen LogP contribution in [0.1, 0.15) is 19.3 Å². The first-order valence-electron chi connectivity index (χ1n) is 7.78. The van der Waals surface area contributed by atoms with Gasteiger partial charge in [-0.2, -0.15) is 4.98 Å². The van der Waals surface area contributed by atoms with Gasteiger partial charge in [0, 0.05) is 18.8 Å². The zero-order valence-electron chi connectivity index (χ0n) is 13.3. The molecular weight excluding hydrogens is 326 g/mol. The fraction of sp³-hybridized carbons (Fsp3) is 0.294. The maximum atomic E-state index is 5.92. The molecule has 0 aliphatic carbocycles. The molecule has 1 aromatic carbocycles. The van der Waals surface area contributed by atoms with Crippen LogP contribution in [-0.2, 0) is 0 Å². The van der Waals surface area contributed by atoms with Crippen molar-refractivity contribution in [3.05, 3.63) is 36.4 Å². The number of nitrogen functional groups attached to an aromatic ring is 1. The fourth-order valence-corrected chi connectivity index (χ4v) is 3.12. The van der Waals surface area contributed by atoms with E-state index < -0.39 is 0 Å². The van der Waals surface area contributed by atoms with Gasteiger partial charge in [-0.1, -0.05) is 30.3 Å². The maximum Gasteiger partial charge on any atom is 0.222 e. The summed E-state index contributed by atoms with van der Waals surface area (Å²) in [4.78, 5) is 14.7.